The molecule has 120 valence electrons. The molecular formula is C19H21ClN2O. The van der Waals surface area contributed by atoms with Crippen molar-refractivity contribution in [1.29, 1.82) is 0 Å². The lowest BCUT2D eigenvalue weighted by Gasteiger charge is -2.50. The first kappa shape index (κ1) is 15.1. The van der Waals surface area contributed by atoms with Crippen LogP contribution in [0.15, 0.2) is 43.1 Å². The summed E-state index contributed by atoms with van der Waals surface area (Å²) >= 11 is 6.15. The Hall–Kier alpha value is -1.42. The summed E-state index contributed by atoms with van der Waals surface area (Å²) in [6.45, 7) is 6.05. The van der Waals surface area contributed by atoms with Crippen molar-refractivity contribution in [2.24, 2.45) is 11.8 Å². The molecular weight excluding hydrogens is 308 g/mol. The lowest BCUT2D eigenvalue weighted by Crippen LogP contribution is -2.54. The van der Waals surface area contributed by atoms with Gasteiger partial charge in [-0.25, -0.2) is 0 Å². The maximum absolute atomic E-state index is 11.1. The van der Waals surface area contributed by atoms with Crippen LogP contribution in [-0.4, -0.2) is 34.1 Å². The van der Waals surface area contributed by atoms with Crippen LogP contribution in [-0.2, 0) is 0 Å². The number of benzene rings is 1. The summed E-state index contributed by atoms with van der Waals surface area (Å²) in [5, 5.41) is 12.7. The van der Waals surface area contributed by atoms with E-state index in [9.17, 15) is 5.11 Å². The lowest BCUT2D eigenvalue weighted by atomic mass is 9.73. The molecule has 0 aliphatic carbocycles. The zero-order valence-corrected chi connectivity index (χ0v) is 13.8. The molecule has 0 saturated carbocycles. The summed E-state index contributed by atoms with van der Waals surface area (Å²) in [7, 11) is 0. The van der Waals surface area contributed by atoms with Crippen LogP contribution >= 0.6 is 11.6 Å². The summed E-state index contributed by atoms with van der Waals surface area (Å²) in [4.78, 5) is 6.81. The van der Waals surface area contributed by atoms with Crippen molar-refractivity contribution in [3.63, 3.8) is 0 Å². The van der Waals surface area contributed by atoms with Gasteiger partial charge in [0.05, 0.1) is 11.6 Å². The second kappa shape index (κ2) is 5.90. The highest BCUT2D eigenvalue weighted by Crippen LogP contribution is 2.42. The van der Waals surface area contributed by atoms with Crippen molar-refractivity contribution in [1.82, 2.24) is 9.88 Å². The van der Waals surface area contributed by atoms with E-state index in [1.54, 1.807) is 6.20 Å². The molecule has 2 bridgehead atoms. The average molecular weight is 329 g/mol. The molecule has 0 amide bonds. The Bertz CT molecular complexity index is 747. The first-order chi connectivity index (χ1) is 11.2. The Morgan fingerprint density at radius 3 is 3.00 bits per heavy atom. The molecule has 0 radical (unpaired) electrons. The van der Waals surface area contributed by atoms with Crippen molar-refractivity contribution in [2.75, 3.05) is 13.1 Å². The van der Waals surface area contributed by atoms with Gasteiger partial charge in [0.15, 0.2) is 0 Å². The van der Waals surface area contributed by atoms with E-state index in [-0.39, 0.29) is 6.04 Å². The Labute approximate surface area is 141 Å². The molecule has 1 aromatic carbocycles. The number of aromatic nitrogens is 1. The van der Waals surface area contributed by atoms with Crippen LogP contribution in [0.25, 0.3) is 10.9 Å². The number of fused-ring (bicyclic) bond motifs is 4. The Kier molecular flexibility index (Phi) is 3.88. The number of hydrogen-bond acceptors (Lipinski definition) is 3. The highest BCUT2D eigenvalue weighted by molar-refractivity contribution is 6.31. The smallest absolute Gasteiger partial charge is 0.0952 e. The summed E-state index contributed by atoms with van der Waals surface area (Å²) in [5.41, 5.74) is 1.82. The SMILES string of the molecule is C=CC1CN2CCC1C[C@@H]2[C@@H](O)c1ccnc2ccc(Cl)cc12. The highest BCUT2D eigenvalue weighted by Gasteiger charge is 2.42. The van der Waals surface area contributed by atoms with E-state index in [1.807, 2.05) is 24.3 Å². The summed E-state index contributed by atoms with van der Waals surface area (Å²) in [5.74, 6) is 1.21. The number of aliphatic hydroxyl groups excluding tert-OH is 1. The average Bonchev–Trinajstić information content (AvgIpc) is 2.60. The molecule has 23 heavy (non-hydrogen) atoms. The molecule has 3 nitrogen and oxygen atoms in total. The number of piperidine rings is 3. The van der Waals surface area contributed by atoms with Gasteiger partial charge in [0.1, 0.15) is 0 Å². The summed E-state index contributed by atoms with van der Waals surface area (Å²) < 4.78 is 0. The predicted molar refractivity (Wildman–Crippen MR) is 93.5 cm³/mol. The number of rotatable bonds is 3. The van der Waals surface area contributed by atoms with Crippen molar-refractivity contribution in [2.45, 2.75) is 25.0 Å². The third-order valence-electron chi connectivity index (χ3n) is 5.57. The molecule has 5 rings (SSSR count). The molecule has 4 heteroatoms. The number of hydrogen-bond donors (Lipinski definition) is 1. The second-order valence-electron chi connectivity index (χ2n) is 6.75. The van der Waals surface area contributed by atoms with E-state index in [4.69, 9.17) is 11.6 Å². The van der Waals surface area contributed by atoms with Gasteiger partial charge in [0.2, 0.25) is 0 Å². The normalized spacial score (nSPS) is 31.2. The monoisotopic (exact) mass is 328 g/mol. The molecule has 0 spiro atoms. The Morgan fingerprint density at radius 1 is 1.39 bits per heavy atom. The van der Waals surface area contributed by atoms with Gasteiger partial charge >= 0.3 is 0 Å². The number of pyridine rings is 1. The maximum Gasteiger partial charge on any atom is 0.0952 e. The van der Waals surface area contributed by atoms with Gasteiger partial charge in [-0.15, -0.1) is 6.58 Å². The van der Waals surface area contributed by atoms with Gasteiger partial charge in [0, 0.05) is 29.2 Å². The van der Waals surface area contributed by atoms with Crippen LogP contribution in [0.2, 0.25) is 5.02 Å². The van der Waals surface area contributed by atoms with E-state index in [0.29, 0.717) is 16.9 Å². The first-order valence-electron chi connectivity index (χ1n) is 8.26. The van der Waals surface area contributed by atoms with E-state index in [0.717, 1.165) is 36.0 Å². The third-order valence-corrected chi connectivity index (χ3v) is 5.81. The number of nitrogens with zero attached hydrogens (tertiary/aromatic N) is 2. The van der Waals surface area contributed by atoms with Gasteiger partial charge in [-0.2, -0.15) is 0 Å². The van der Waals surface area contributed by atoms with Crippen LogP contribution < -0.4 is 0 Å². The highest BCUT2D eigenvalue weighted by atomic mass is 35.5. The largest absolute Gasteiger partial charge is 0.387 e. The van der Waals surface area contributed by atoms with Crippen LogP contribution in [0, 0.1) is 11.8 Å². The Morgan fingerprint density at radius 2 is 2.26 bits per heavy atom. The van der Waals surface area contributed by atoms with Crippen molar-refractivity contribution >= 4 is 22.5 Å². The first-order valence-corrected chi connectivity index (χ1v) is 8.64. The molecule has 3 unspecified atom stereocenters. The Balaban J connectivity index is 1.69. The zero-order chi connectivity index (χ0) is 16.0. The predicted octanol–water partition coefficient (Wildman–Crippen LogP) is 3.82. The molecule has 1 aromatic heterocycles. The number of aliphatic hydroxyl groups is 1. The summed E-state index contributed by atoms with van der Waals surface area (Å²) in [6, 6.07) is 7.76. The van der Waals surface area contributed by atoms with E-state index in [1.165, 1.54) is 6.42 Å². The molecule has 3 saturated heterocycles. The third kappa shape index (κ3) is 2.57. The molecule has 3 fully saturated rings. The van der Waals surface area contributed by atoms with Crippen molar-refractivity contribution in [3.8, 4) is 0 Å². The zero-order valence-electron chi connectivity index (χ0n) is 13.0. The van der Waals surface area contributed by atoms with Crippen LogP contribution in [0.4, 0.5) is 0 Å². The van der Waals surface area contributed by atoms with Gasteiger partial charge < -0.3 is 5.11 Å². The fourth-order valence-electron chi connectivity index (χ4n) is 4.31. The van der Waals surface area contributed by atoms with Crippen molar-refractivity contribution in [3.05, 3.63) is 53.7 Å². The molecule has 5 atom stereocenters. The van der Waals surface area contributed by atoms with E-state index < -0.39 is 6.10 Å². The quantitative estimate of drug-likeness (QED) is 0.870. The standard InChI is InChI=1S/C19H21ClN2O/c1-2-12-11-22-8-6-13(12)9-18(22)19(23)15-5-7-21-17-4-3-14(20)10-16(15)17/h2-5,7,10,12-13,18-19,23H,1,6,8-9,11H2/t12?,13?,18-,19+/m1/s1. The van der Waals surface area contributed by atoms with Gasteiger partial charge in [-0.1, -0.05) is 17.7 Å². The van der Waals surface area contributed by atoms with E-state index in [2.05, 4.69) is 22.5 Å². The minimum Gasteiger partial charge on any atom is -0.387 e. The fourth-order valence-corrected chi connectivity index (χ4v) is 4.48. The lowest BCUT2D eigenvalue weighted by molar-refractivity contribution is -0.0444. The molecule has 1 N–H and O–H groups in total. The minimum absolute atomic E-state index is 0.175. The van der Waals surface area contributed by atoms with Crippen LogP contribution in [0.1, 0.15) is 24.5 Å². The minimum atomic E-state index is -0.507. The maximum atomic E-state index is 11.1. The molecule has 3 aliphatic heterocycles. The van der Waals surface area contributed by atoms with Crippen molar-refractivity contribution < 1.29 is 5.11 Å². The van der Waals surface area contributed by atoms with Gasteiger partial charge in [-0.3, -0.25) is 9.88 Å². The van der Waals surface area contributed by atoms with Gasteiger partial charge in [-0.05, 0) is 61.1 Å². The number of halogens is 1. The summed E-state index contributed by atoms with van der Waals surface area (Å²) in [6.07, 6.45) is 5.59. The fraction of sp³-hybridized carbons (Fsp3) is 0.421. The van der Waals surface area contributed by atoms with Crippen LogP contribution in [0.5, 0.6) is 0 Å². The molecule has 2 aromatic rings. The van der Waals surface area contributed by atoms with Gasteiger partial charge in [0.25, 0.3) is 0 Å². The second-order valence-corrected chi connectivity index (χ2v) is 7.19. The van der Waals surface area contributed by atoms with Crippen LogP contribution in [0.3, 0.4) is 0 Å². The molecule has 4 heterocycles. The molecule has 3 aliphatic rings. The van der Waals surface area contributed by atoms with E-state index >= 15 is 0 Å². The topological polar surface area (TPSA) is 36.4 Å².